The Kier molecular flexibility index (Phi) is 2.46. The average Bonchev–Trinajstić information content (AvgIpc) is 2.84. The van der Waals surface area contributed by atoms with Crippen LogP contribution in [-0.4, -0.2) is 9.97 Å². The standard InChI is InChI=1S/C10H4BrClN2OS/c11-8-2-1-6(15-8)7-3-5-9(16-7)10(12)14-4-13-5/h1-4H. The van der Waals surface area contributed by atoms with E-state index >= 15 is 0 Å². The lowest BCUT2D eigenvalue weighted by Crippen LogP contribution is -1.76. The van der Waals surface area contributed by atoms with Crippen LogP contribution >= 0.6 is 38.9 Å². The molecule has 0 amide bonds. The Hall–Kier alpha value is -0.910. The van der Waals surface area contributed by atoms with Crippen molar-refractivity contribution in [2.45, 2.75) is 0 Å². The molecular weight excluding hydrogens is 312 g/mol. The van der Waals surface area contributed by atoms with Gasteiger partial charge in [-0.15, -0.1) is 11.3 Å². The maximum Gasteiger partial charge on any atom is 0.169 e. The zero-order chi connectivity index (χ0) is 11.1. The van der Waals surface area contributed by atoms with Crippen molar-refractivity contribution in [1.82, 2.24) is 9.97 Å². The van der Waals surface area contributed by atoms with Gasteiger partial charge in [-0.25, -0.2) is 9.97 Å². The van der Waals surface area contributed by atoms with Crippen LogP contribution in [0.25, 0.3) is 20.9 Å². The fourth-order valence-electron chi connectivity index (χ4n) is 1.39. The molecule has 0 aliphatic heterocycles. The molecule has 3 nitrogen and oxygen atoms in total. The molecule has 0 atom stereocenters. The molecule has 3 rings (SSSR count). The highest BCUT2D eigenvalue weighted by molar-refractivity contribution is 9.10. The minimum absolute atomic E-state index is 0.479. The lowest BCUT2D eigenvalue weighted by atomic mass is 10.3. The Balaban J connectivity index is 2.22. The van der Waals surface area contributed by atoms with Crippen LogP contribution in [0, 0.1) is 0 Å². The summed E-state index contributed by atoms with van der Waals surface area (Å²) in [4.78, 5) is 9.09. The predicted molar refractivity (Wildman–Crippen MR) is 67.8 cm³/mol. The molecule has 0 N–H and O–H groups in total. The number of hydrogen-bond donors (Lipinski definition) is 0. The number of aromatic nitrogens is 2. The summed E-state index contributed by atoms with van der Waals surface area (Å²) in [5.74, 6) is 0.797. The third-order valence-electron chi connectivity index (χ3n) is 2.08. The van der Waals surface area contributed by atoms with Crippen molar-refractivity contribution < 1.29 is 4.42 Å². The van der Waals surface area contributed by atoms with Crippen molar-refractivity contribution in [3.05, 3.63) is 34.3 Å². The Morgan fingerprint density at radius 1 is 1.31 bits per heavy atom. The molecule has 0 radical (unpaired) electrons. The van der Waals surface area contributed by atoms with Crippen LogP contribution in [0.1, 0.15) is 0 Å². The van der Waals surface area contributed by atoms with E-state index in [9.17, 15) is 0 Å². The minimum atomic E-state index is 0.479. The number of hydrogen-bond acceptors (Lipinski definition) is 4. The largest absolute Gasteiger partial charge is 0.449 e. The molecule has 0 saturated carbocycles. The van der Waals surface area contributed by atoms with Gasteiger partial charge in [-0.3, -0.25) is 0 Å². The first-order valence-electron chi connectivity index (χ1n) is 4.40. The van der Waals surface area contributed by atoms with Crippen molar-refractivity contribution in [2.24, 2.45) is 0 Å². The highest BCUT2D eigenvalue weighted by atomic mass is 79.9. The van der Waals surface area contributed by atoms with Gasteiger partial charge in [0.15, 0.2) is 4.67 Å². The summed E-state index contributed by atoms with van der Waals surface area (Å²) in [7, 11) is 0. The lowest BCUT2D eigenvalue weighted by molar-refractivity contribution is 0.557. The number of nitrogens with zero attached hydrogens (tertiary/aromatic N) is 2. The van der Waals surface area contributed by atoms with Gasteiger partial charge in [-0.2, -0.15) is 0 Å². The smallest absolute Gasteiger partial charge is 0.169 e. The summed E-state index contributed by atoms with van der Waals surface area (Å²) in [6.07, 6.45) is 1.46. The van der Waals surface area contributed by atoms with Crippen LogP contribution in [0.3, 0.4) is 0 Å². The van der Waals surface area contributed by atoms with E-state index in [0.29, 0.717) is 9.82 Å². The second-order valence-corrected chi connectivity index (χ2v) is 5.29. The number of thiophene rings is 1. The summed E-state index contributed by atoms with van der Waals surface area (Å²) in [6, 6.07) is 5.70. The van der Waals surface area contributed by atoms with E-state index in [1.807, 2.05) is 18.2 Å². The van der Waals surface area contributed by atoms with Crippen LogP contribution < -0.4 is 0 Å². The third kappa shape index (κ3) is 1.65. The zero-order valence-corrected chi connectivity index (χ0v) is 10.9. The van der Waals surface area contributed by atoms with E-state index in [0.717, 1.165) is 20.9 Å². The van der Waals surface area contributed by atoms with Gasteiger partial charge in [-0.1, -0.05) is 11.6 Å². The average molecular weight is 316 g/mol. The molecule has 6 heteroatoms. The van der Waals surface area contributed by atoms with Gasteiger partial charge in [0, 0.05) is 0 Å². The second-order valence-electron chi connectivity index (χ2n) is 3.09. The Morgan fingerprint density at radius 2 is 2.19 bits per heavy atom. The SMILES string of the molecule is Clc1ncnc2cc(-c3ccc(Br)o3)sc12. The molecule has 0 aromatic carbocycles. The van der Waals surface area contributed by atoms with E-state index in [1.165, 1.54) is 17.7 Å². The summed E-state index contributed by atoms with van der Waals surface area (Å²) in [5, 5.41) is 0.479. The molecule has 0 fully saturated rings. The normalized spacial score (nSPS) is 11.1. The van der Waals surface area contributed by atoms with Crippen molar-refractivity contribution in [1.29, 1.82) is 0 Å². The molecule has 3 aromatic rings. The first-order valence-corrected chi connectivity index (χ1v) is 6.38. The van der Waals surface area contributed by atoms with Crippen molar-refractivity contribution in [2.75, 3.05) is 0 Å². The van der Waals surface area contributed by atoms with Gasteiger partial charge in [0.25, 0.3) is 0 Å². The molecule has 0 aliphatic rings. The Labute approximate surface area is 108 Å². The summed E-state index contributed by atoms with van der Waals surface area (Å²) >= 11 is 10.8. The Morgan fingerprint density at radius 3 is 2.88 bits per heavy atom. The molecule has 80 valence electrons. The van der Waals surface area contributed by atoms with Gasteiger partial charge in [0.1, 0.15) is 17.2 Å². The topological polar surface area (TPSA) is 38.9 Å². The maximum absolute atomic E-state index is 5.98. The van der Waals surface area contributed by atoms with Crippen LogP contribution in [0.4, 0.5) is 0 Å². The second kappa shape index (κ2) is 3.84. The highest BCUT2D eigenvalue weighted by Crippen LogP contribution is 2.36. The molecule has 3 aromatic heterocycles. The molecule has 0 unspecified atom stereocenters. The van der Waals surface area contributed by atoms with Gasteiger partial charge in [0.2, 0.25) is 0 Å². The van der Waals surface area contributed by atoms with Crippen LogP contribution in [0.2, 0.25) is 5.15 Å². The number of fused-ring (bicyclic) bond motifs is 1. The fraction of sp³-hybridized carbons (Fsp3) is 0. The van der Waals surface area contributed by atoms with E-state index in [1.54, 1.807) is 0 Å². The number of rotatable bonds is 1. The first-order chi connectivity index (χ1) is 7.74. The summed E-state index contributed by atoms with van der Waals surface area (Å²) < 4.78 is 7.06. The zero-order valence-electron chi connectivity index (χ0n) is 7.78. The molecule has 0 aliphatic carbocycles. The van der Waals surface area contributed by atoms with Crippen LogP contribution in [0.15, 0.2) is 33.6 Å². The fourth-order valence-corrected chi connectivity index (χ4v) is 2.91. The number of halogens is 2. The minimum Gasteiger partial charge on any atom is -0.449 e. The molecule has 0 saturated heterocycles. The molecular formula is C10H4BrClN2OS. The first kappa shape index (κ1) is 10.3. The van der Waals surface area contributed by atoms with E-state index in [-0.39, 0.29) is 0 Å². The highest BCUT2D eigenvalue weighted by Gasteiger charge is 2.11. The van der Waals surface area contributed by atoms with E-state index in [4.69, 9.17) is 16.0 Å². The molecule has 16 heavy (non-hydrogen) atoms. The van der Waals surface area contributed by atoms with Crippen LogP contribution in [-0.2, 0) is 0 Å². The summed E-state index contributed by atoms with van der Waals surface area (Å²) in [5.41, 5.74) is 0.840. The number of furan rings is 1. The van der Waals surface area contributed by atoms with Crippen molar-refractivity contribution in [3.63, 3.8) is 0 Å². The van der Waals surface area contributed by atoms with Crippen molar-refractivity contribution >= 4 is 49.1 Å². The molecule has 3 heterocycles. The van der Waals surface area contributed by atoms with Gasteiger partial charge >= 0.3 is 0 Å². The lowest BCUT2D eigenvalue weighted by Gasteiger charge is -1.88. The van der Waals surface area contributed by atoms with E-state index < -0.39 is 0 Å². The Bertz CT molecular complexity index is 664. The predicted octanol–water partition coefficient (Wildman–Crippen LogP) is 4.37. The monoisotopic (exact) mass is 314 g/mol. The van der Waals surface area contributed by atoms with E-state index in [2.05, 4.69) is 25.9 Å². The van der Waals surface area contributed by atoms with Gasteiger partial charge < -0.3 is 4.42 Å². The maximum atomic E-state index is 5.98. The van der Waals surface area contributed by atoms with Gasteiger partial charge in [-0.05, 0) is 34.1 Å². The molecule has 0 spiro atoms. The summed E-state index contributed by atoms with van der Waals surface area (Å²) in [6.45, 7) is 0. The third-order valence-corrected chi connectivity index (χ3v) is 4.05. The van der Waals surface area contributed by atoms with Crippen molar-refractivity contribution in [3.8, 4) is 10.6 Å². The molecule has 0 bridgehead atoms. The van der Waals surface area contributed by atoms with Crippen LogP contribution in [0.5, 0.6) is 0 Å². The van der Waals surface area contributed by atoms with Gasteiger partial charge in [0.05, 0.1) is 15.1 Å². The quantitative estimate of drug-likeness (QED) is 0.626.